The van der Waals surface area contributed by atoms with E-state index in [1.807, 2.05) is 5.38 Å². The second-order valence-electron chi connectivity index (χ2n) is 6.15. The summed E-state index contributed by atoms with van der Waals surface area (Å²) in [5, 5.41) is 4.90. The molecule has 1 heterocycles. The van der Waals surface area contributed by atoms with Gasteiger partial charge < -0.3 is 14.8 Å². The van der Waals surface area contributed by atoms with Crippen molar-refractivity contribution in [1.29, 1.82) is 0 Å². The number of ether oxygens (including phenoxy) is 2. The van der Waals surface area contributed by atoms with Crippen molar-refractivity contribution in [2.75, 3.05) is 25.3 Å². The predicted octanol–water partition coefficient (Wildman–Crippen LogP) is 4.19. The van der Waals surface area contributed by atoms with Crippen LogP contribution < -0.4 is 14.8 Å². The smallest absolute Gasteiger partial charge is 0.234 e. The van der Waals surface area contributed by atoms with Crippen molar-refractivity contribution in [3.8, 4) is 11.5 Å². The lowest BCUT2D eigenvalue weighted by Gasteiger charge is -2.14. The first-order chi connectivity index (χ1) is 11.3. The molecule has 0 aliphatic carbocycles. The zero-order valence-corrected chi connectivity index (χ0v) is 16.1. The largest absolute Gasteiger partial charge is 0.497 e. The van der Waals surface area contributed by atoms with E-state index in [1.54, 1.807) is 43.8 Å². The number of carbonyl (C=O) groups is 1. The molecular weight excluding hydrogens is 344 g/mol. The molecule has 0 aliphatic heterocycles. The van der Waals surface area contributed by atoms with Gasteiger partial charge in [-0.25, -0.2) is 4.98 Å². The number of nitrogens with one attached hydrogen (secondary N) is 1. The van der Waals surface area contributed by atoms with E-state index in [4.69, 9.17) is 9.47 Å². The Hall–Kier alpha value is -1.73. The Balaban J connectivity index is 1.97. The van der Waals surface area contributed by atoms with Crippen LogP contribution in [0.2, 0.25) is 0 Å². The third-order valence-corrected chi connectivity index (χ3v) is 5.28. The molecule has 5 nitrogen and oxygen atoms in total. The predicted molar refractivity (Wildman–Crippen MR) is 99.7 cm³/mol. The fourth-order valence-electron chi connectivity index (χ4n) is 1.89. The van der Waals surface area contributed by atoms with Crippen molar-refractivity contribution in [2.24, 2.45) is 0 Å². The van der Waals surface area contributed by atoms with Crippen LogP contribution in [0.5, 0.6) is 11.5 Å². The Morgan fingerprint density at radius 1 is 1.29 bits per heavy atom. The van der Waals surface area contributed by atoms with Crippen LogP contribution in [0.3, 0.4) is 0 Å². The number of nitrogens with zero attached hydrogens (tertiary/aromatic N) is 1. The topological polar surface area (TPSA) is 60.5 Å². The summed E-state index contributed by atoms with van der Waals surface area (Å²) in [6.07, 6.45) is 0. The Morgan fingerprint density at radius 3 is 2.62 bits per heavy atom. The Labute approximate surface area is 150 Å². The number of carbonyl (C=O) groups excluding carboxylic acids is 1. The van der Waals surface area contributed by atoms with Gasteiger partial charge in [0, 0.05) is 16.9 Å². The maximum absolute atomic E-state index is 12.2. The van der Waals surface area contributed by atoms with Crippen molar-refractivity contribution in [3.63, 3.8) is 0 Å². The van der Waals surface area contributed by atoms with Gasteiger partial charge in [-0.15, -0.1) is 11.3 Å². The summed E-state index contributed by atoms with van der Waals surface area (Å²) in [5.74, 6) is 1.43. The van der Waals surface area contributed by atoms with Crippen LogP contribution in [0.15, 0.2) is 27.9 Å². The van der Waals surface area contributed by atoms with Crippen molar-refractivity contribution < 1.29 is 14.3 Å². The van der Waals surface area contributed by atoms with Crippen LogP contribution in [0.25, 0.3) is 0 Å². The van der Waals surface area contributed by atoms with Crippen molar-refractivity contribution >= 4 is 34.7 Å². The molecule has 2 aromatic rings. The minimum atomic E-state index is -0.112. The number of thiazole rings is 1. The van der Waals surface area contributed by atoms with Gasteiger partial charge >= 0.3 is 0 Å². The molecule has 0 radical (unpaired) electrons. The normalized spacial score (nSPS) is 11.2. The van der Waals surface area contributed by atoms with Crippen LogP contribution in [0.1, 0.15) is 26.5 Å². The number of amides is 1. The van der Waals surface area contributed by atoms with Crippen LogP contribution >= 0.6 is 23.1 Å². The molecule has 1 aromatic carbocycles. The summed E-state index contributed by atoms with van der Waals surface area (Å²) < 4.78 is 11.3. The number of thioether (sulfide) groups is 1. The van der Waals surface area contributed by atoms with Crippen molar-refractivity contribution in [3.05, 3.63) is 29.3 Å². The van der Waals surface area contributed by atoms with Gasteiger partial charge in [0.05, 0.1) is 31.4 Å². The van der Waals surface area contributed by atoms with Gasteiger partial charge in [0.2, 0.25) is 5.91 Å². The lowest BCUT2D eigenvalue weighted by molar-refractivity contribution is -0.113. The molecule has 1 aromatic heterocycles. The van der Waals surface area contributed by atoms with E-state index in [0.29, 0.717) is 17.2 Å². The molecule has 130 valence electrons. The minimum Gasteiger partial charge on any atom is -0.497 e. The standard InChI is InChI=1S/C17H22N2O3S2/c1-17(2,3)14-9-23-16(19-14)24-10-15(20)18-12-8-11(21-4)6-7-13(12)22-5/h6-9H,10H2,1-5H3,(H,18,20). The number of rotatable bonds is 6. The first kappa shape index (κ1) is 18.6. The van der Waals surface area contributed by atoms with Gasteiger partial charge in [-0.05, 0) is 12.1 Å². The van der Waals surface area contributed by atoms with Gasteiger partial charge in [-0.3, -0.25) is 4.79 Å². The molecule has 0 saturated heterocycles. The van der Waals surface area contributed by atoms with E-state index in [0.717, 1.165) is 10.0 Å². The number of anilines is 1. The van der Waals surface area contributed by atoms with Crippen LogP contribution in [0, 0.1) is 0 Å². The van der Waals surface area contributed by atoms with Gasteiger partial charge in [-0.1, -0.05) is 32.5 Å². The van der Waals surface area contributed by atoms with Crippen LogP contribution in [0.4, 0.5) is 5.69 Å². The summed E-state index contributed by atoms with van der Waals surface area (Å²) >= 11 is 3.00. The van der Waals surface area contributed by atoms with Gasteiger partial charge in [0.15, 0.2) is 4.34 Å². The monoisotopic (exact) mass is 366 g/mol. The minimum absolute atomic E-state index is 0.0194. The molecule has 2 rings (SSSR count). The maximum atomic E-state index is 12.2. The van der Waals surface area contributed by atoms with E-state index >= 15 is 0 Å². The third-order valence-electron chi connectivity index (χ3n) is 3.26. The van der Waals surface area contributed by atoms with E-state index in [-0.39, 0.29) is 17.1 Å². The highest BCUT2D eigenvalue weighted by atomic mass is 32.2. The van der Waals surface area contributed by atoms with Gasteiger partial charge in [0.1, 0.15) is 11.5 Å². The lowest BCUT2D eigenvalue weighted by atomic mass is 9.93. The molecule has 0 spiro atoms. The van der Waals surface area contributed by atoms with Crippen LogP contribution in [-0.4, -0.2) is 30.9 Å². The molecule has 1 amide bonds. The Morgan fingerprint density at radius 2 is 2.04 bits per heavy atom. The highest BCUT2D eigenvalue weighted by Gasteiger charge is 2.18. The molecule has 0 aliphatic rings. The molecule has 0 atom stereocenters. The number of benzene rings is 1. The number of hydrogen-bond acceptors (Lipinski definition) is 6. The molecule has 0 fully saturated rings. The molecule has 0 saturated carbocycles. The summed E-state index contributed by atoms with van der Waals surface area (Å²) in [5.41, 5.74) is 1.66. The lowest BCUT2D eigenvalue weighted by Crippen LogP contribution is -2.15. The molecule has 0 unspecified atom stereocenters. The second-order valence-corrected chi connectivity index (χ2v) is 8.23. The third kappa shape index (κ3) is 4.88. The fourth-order valence-corrected chi connectivity index (χ4v) is 3.75. The zero-order valence-electron chi connectivity index (χ0n) is 14.5. The number of methoxy groups -OCH3 is 2. The molecule has 7 heteroatoms. The average molecular weight is 367 g/mol. The number of hydrogen-bond donors (Lipinski definition) is 1. The van der Waals surface area contributed by atoms with Crippen molar-refractivity contribution in [2.45, 2.75) is 30.5 Å². The summed E-state index contributed by atoms with van der Waals surface area (Å²) in [7, 11) is 3.15. The Bertz CT molecular complexity index is 708. The average Bonchev–Trinajstić information content (AvgIpc) is 3.02. The summed E-state index contributed by atoms with van der Waals surface area (Å²) in [6.45, 7) is 6.37. The van der Waals surface area contributed by atoms with E-state index in [9.17, 15) is 4.79 Å². The highest BCUT2D eigenvalue weighted by molar-refractivity contribution is 8.01. The van der Waals surface area contributed by atoms with Crippen molar-refractivity contribution in [1.82, 2.24) is 4.98 Å². The second kappa shape index (κ2) is 7.90. The summed E-state index contributed by atoms with van der Waals surface area (Å²) in [6, 6.07) is 5.29. The van der Waals surface area contributed by atoms with Crippen LogP contribution in [-0.2, 0) is 10.2 Å². The zero-order chi connectivity index (χ0) is 17.7. The molecule has 24 heavy (non-hydrogen) atoms. The van der Waals surface area contributed by atoms with E-state index in [2.05, 4.69) is 31.1 Å². The Kier molecular flexibility index (Phi) is 6.12. The summed E-state index contributed by atoms with van der Waals surface area (Å²) in [4.78, 5) is 16.8. The fraction of sp³-hybridized carbons (Fsp3) is 0.412. The van der Waals surface area contributed by atoms with Gasteiger partial charge in [0.25, 0.3) is 0 Å². The maximum Gasteiger partial charge on any atom is 0.234 e. The molecular formula is C17H22N2O3S2. The van der Waals surface area contributed by atoms with Gasteiger partial charge in [-0.2, -0.15) is 0 Å². The molecule has 0 bridgehead atoms. The first-order valence-corrected chi connectivity index (χ1v) is 9.30. The quantitative estimate of drug-likeness (QED) is 0.777. The van der Waals surface area contributed by atoms with E-state index < -0.39 is 0 Å². The number of aromatic nitrogens is 1. The SMILES string of the molecule is COc1ccc(OC)c(NC(=O)CSc2nc(C(C)(C)C)cs2)c1. The van der Waals surface area contributed by atoms with E-state index in [1.165, 1.54) is 11.8 Å². The highest BCUT2D eigenvalue weighted by Crippen LogP contribution is 2.31. The first-order valence-electron chi connectivity index (χ1n) is 7.44. The molecule has 1 N–H and O–H groups in total.